The number of amides is 1. The number of halogens is 1. The quantitative estimate of drug-likeness (QED) is 0.553. The van der Waals surface area contributed by atoms with E-state index in [-0.39, 0.29) is 18.0 Å². The molecule has 2 aromatic rings. The molecule has 7 nitrogen and oxygen atoms in total. The van der Waals surface area contributed by atoms with Crippen molar-refractivity contribution in [3.8, 4) is 11.5 Å². The van der Waals surface area contributed by atoms with Crippen LogP contribution in [0.25, 0.3) is 0 Å². The number of carbonyl (C=O) groups is 1. The fourth-order valence-corrected chi connectivity index (χ4v) is 2.80. The van der Waals surface area contributed by atoms with Crippen molar-refractivity contribution in [1.29, 1.82) is 0 Å². The van der Waals surface area contributed by atoms with Gasteiger partial charge in [0.2, 0.25) is 0 Å². The van der Waals surface area contributed by atoms with Crippen molar-refractivity contribution in [3.05, 3.63) is 55.5 Å². The Bertz CT molecular complexity index is 867. The maximum Gasteiger partial charge on any atom is 0.296 e. The smallest absolute Gasteiger partial charge is 0.296 e. The van der Waals surface area contributed by atoms with E-state index in [4.69, 9.17) is 9.47 Å². The molecule has 138 valence electrons. The van der Waals surface area contributed by atoms with E-state index in [1.54, 1.807) is 0 Å². The second kappa shape index (κ2) is 8.18. The van der Waals surface area contributed by atoms with E-state index in [9.17, 15) is 14.9 Å². The number of anilines is 1. The topological polar surface area (TPSA) is 90.7 Å². The monoisotopic (exact) mass is 422 g/mol. The lowest BCUT2D eigenvalue weighted by Gasteiger charge is -2.14. The lowest BCUT2D eigenvalue weighted by atomic mass is 10.1. The highest BCUT2D eigenvalue weighted by atomic mass is 79.9. The van der Waals surface area contributed by atoms with Crippen LogP contribution in [-0.2, 0) is 4.79 Å². The maximum absolute atomic E-state index is 12.2. The molecule has 0 aliphatic carbocycles. The summed E-state index contributed by atoms with van der Waals surface area (Å²) in [4.78, 5) is 22.8. The van der Waals surface area contributed by atoms with Crippen molar-refractivity contribution in [3.63, 3.8) is 0 Å². The molecule has 1 amide bonds. The van der Waals surface area contributed by atoms with Crippen molar-refractivity contribution >= 4 is 33.2 Å². The molecule has 8 heteroatoms. The van der Waals surface area contributed by atoms with Crippen molar-refractivity contribution in [2.75, 3.05) is 19.0 Å². The van der Waals surface area contributed by atoms with Crippen LogP contribution < -0.4 is 14.8 Å². The standard InChI is InChI=1S/C18H19BrN2O5/c1-10-7-16(11(2)12(3)18(10)19)26-9-17(22)20-14-6-5-13(25-4)8-15(14)21(23)24/h5-8H,9H2,1-4H3,(H,20,22). The fraction of sp³-hybridized carbons (Fsp3) is 0.278. The zero-order valence-electron chi connectivity index (χ0n) is 14.9. The first kappa shape index (κ1) is 19.7. The highest BCUT2D eigenvalue weighted by Gasteiger charge is 2.18. The first-order valence-electron chi connectivity index (χ1n) is 7.76. The molecule has 0 aliphatic heterocycles. The van der Waals surface area contributed by atoms with E-state index < -0.39 is 10.8 Å². The van der Waals surface area contributed by atoms with Crippen LogP contribution in [0.5, 0.6) is 11.5 Å². The highest BCUT2D eigenvalue weighted by Crippen LogP contribution is 2.31. The summed E-state index contributed by atoms with van der Waals surface area (Å²) in [6.07, 6.45) is 0. The minimum atomic E-state index is -0.579. The molecular weight excluding hydrogens is 404 g/mol. The molecule has 0 fully saturated rings. The van der Waals surface area contributed by atoms with E-state index in [0.717, 1.165) is 21.2 Å². The number of rotatable bonds is 6. The van der Waals surface area contributed by atoms with Gasteiger partial charge in [0, 0.05) is 4.47 Å². The second-order valence-corrected chi connectivity index (χ2v) is 6.53. The van der Waals surface area contributed by atoms with Gasteiger partial charge in [-0.15, -0.1) is 0 Å². The molecule has 0 bridgehead atoms. The molecule has 0 atom stereocenters. The number of nitro groups is 1. The Kier molecular flexibility index (Phi) is 6.20. The molecule has 0 saturated heterocycles. The summed E-state index contributed by atoms with van der Waals surface area (Å²) in [7, 11) is 1.41. The number of methoxy groups -OCH3 is 1. The molecule has 0 saturated carbocycles. The summed E-state index contributed by atoms with van der Waals surface area (Å²) in [5.74, 6) is 0.445. The zero-order chi connectivity index (χ0) is 19.4. The molecular formula is C18H19BrN2O5. The van der Waals surface area contributed by atoms with Crippen LogP contribution >= 0.6 is 15.9 Å². The summed E-state index contributed by atoms with van der Waals surface area (Å²) < 4.78 is 11.6. The number of nitro benzene ring substituents is 1. The van der Waals surface area contributed by atoms with E-state index in [2.05, 4.69) is 21.2 Å². The van der Waals surface area contributed by atoms with Crippen molar-refractivity contribution in [2.45, 2.75) is 20.8 Å². The lowest BCUT2D eigenvalue weighted by Crippen LogP contribution is -2.21. The normalized spacial score (nSPS) is 10.3. The highest BCUT2D eigenvalue weighted by molar-refractivity contribution is 9.10. The van der Waals surface area contributed by atoms with Gasteiger partial charge in [-0.25, -0.2) is 0 Å². The Morgan fingerprint density at radius 3 is 2.54 bits per heavy atom. The van der Waals surface area contributed by atoms with Gasteiger partial charge in [0.1, 0.15) is 17.2 Å². The molecule has 0 aromatic heterocycles. The number of aryl methyl sites for hydroxylation is 1. The Morgan fingerprint density at radius 1 is 1.23 bits per heavy atom. The molecule has 26 heavy (non-hydrogen) atoms. The number of ether oxygens (including phenoxy) is 2. The first-order chi connectivity index (χ1) is 12.2. The van der Waals surface area contributed by atoms with Crippen LogP contribution in [0.1, 0.15) is 16.7 Å². The van der Waals surface area contributed by atoms with E-state index in [0.29, 0.717) is 11.5 Å². The van der Waals surface area contributed by atoms with Gasteiger partial charge in [0.15, 0.2) is 6.61 Å². The summed E-state index contributed by atoms with van der Waals surface area (Å²) in [5, 5.41) is 13.7. The maximum atomic E-state index is 12.2. The molecule has 0 unspecified atom stereocenters. The molecule has 1 N–H and O–H groups in total. The van der Waals surface area contributed by atoms with E-state index in [1.807, 2.05) is 26.8 Å². The zero-order valence-corrected chi connectivity index (χ0v) is 16.5. The van der Waals surface area contributed by atoms with Crippen LogP contribution in [0.2, 0.25) is 0 Å². The average Bonchev–Trinajstić information content (AvgIpc) is 2.62. The minimum absolute atomic E-state index is 0.0873. The largest absolute Gasteiger partial charge is 0.496 e. The van der Waals surface area contributed by atoms with Gasteiger partial charge >= 0.3 is 0 Å². The first-order valence-corrected chi connectivity index (χ1v) is 8.55. The van der Waals surface area contributed by atoms with Crippen LogP contribution in [0, 0.1) is 30.9 Å². The van der Waals surface area contributed by atoms with Crippen molar-refractivity contribution in [1.82, 2.24) is 0 Å². The Hall–Kier alpha value is -2.61. The van der Waals surface area contributed by atoms with Gasteiger partial charge in [-0.05, 0) is 55.7 Å². The molecule has 0 heterocycles. The SMILES string of the molecule is COc1ccc(NC(=O)COc2cc(C)c(Br)c(C)c2C)c([N+](=O)[O-])c1. The Labute approximate surface area is 159 Å². The van der Waals surface area contributed by atoms with Gasteiger partial charge in [0.25, 0.3) is 11.6 Å². The minimum Gasteiger partial charge on any atom is -0.496 e. The predicted molar refractivity (Wildman–Crippen MR) is 102 cm³/mol. The van der Waals surface area contributed by atoms with Crippen LogP contribution in [0.3, 0.4) is 0 Å². The summed E-state index contributed by atoms with van der Waals surface area (Å²) in [5.41, 5.74) is 2.79. The van der Waals surface area contributed by atoms with Gasteiger partial charge < -0.3 is 14.8 Å². The van der Waals surface area contributed by atoms with Crippen LogP contribution in [-0.4, -0.2) is 24.5 Å². The molecule has 0 radical (unpaired) electrons. The number of hydrogen-bond donors (Lipinski definition) is 1. The summed E-state index contributed by atoms with van der Waals surface area (Å²) in [6, 6.07) is 6.06. The third-order valence-corrected chi connectivity index (χ3v) is 5.21. The van der Waals surface area contributed by atoms with E-state index in [1.165, 1.54) is 25.3 Å². The summed E-state index contributed by atoms with van der Waals surface area (Å²) >= 11 is 3.51. The van der Waals surface area contributed by atoms with Crippen LogP contribution in [0.4, 0.5) is 11.4 Å². The molecule has 0 spiro atoms. The number of nitrogens with zero attached hydrogens (tertiary/aromatic N) is 1. The van der Waals surface area contributed by atoms with Crippen LogP contribution in [0.15, 0.2) is 28.7 Å². The van der Waals surface area contributed by atoms with Gasteiger partial charge in [-0.2, -0.15) is 0 Å². The molecule has 2 aromatic carbocycles. The number of nitrogens with one attached hydrogen (secondary N) is 1. The van der Waals surface area contributed by atoms with Gasteiger partial charge in [0.05, 0.1) is 18.1 Å². The Balaban J connectivity index is 2.12. The average molecular weight is 423 g/mol. The Morgan fingerprint density at radius 2 is 1.92 bits per heavy atom. The third kappa shape index (κ3) is 4.32. The predicted octanol–water partition coefficient (Wildman–Crippen LogP) is 4.31. The van der Waals surface area contributed by atoms with Crippen molar-refractivity contribution in [2.24, 2.45) is 0 Å². The molecule has 0 aliphatic rings. The van der Waals surface area contributed by atoms with E-state index >= 15 is 0 Å². The van der Waals surface area contributed by atoms with Gasteiger partial charge in [-0.1, -0.05) is 15.9 Å². The third-order valence-electron chi connectivity index (χ3n) is 3.99. The number of hydrogen-bond acceptors (Lipinski definition) is 5. The second-order valence-electron chi connectivity index (χ2n) is 5.73. The lowest BCUT2D eigenvalue weighted by molar-refractivity contribution is -0.384. The number of benzene rings is 2. The van der Waals surface area contributed by atoms with Crippen molar-refractivity contribution < 1.29 is 19.2 Å². The molecule has 2 rings (SSSR count). The number of carbonyl (C=O) groups excluding carboxylic acids is 1. The summed E-state index contributed by atoms with van der Waals surface area (Å²) in [6.45, 7) is 5.54. The van der Waals surface area contributed by atoms with Gasteiger partial charge in [-0.3, -0.25) is 14.9 Å². The fourth-order valence-electron chi connectivity index (χ4n) is 2.39.